The highest BCUT2D eigenvalue weighted by Gasteiger charge is 2.11. The third-order valence-corrected chi connectivity index (χ3v) is 3.58. The van der Waals surface area contributed by atoms with Crippen molar-refractivity contribution in [3.05, 3.63) is 24.3 Å². The molecule has 0 unspecified atom stereocenters. The monoisotopic (exact) mass is 320 g/mol. The Hall–Kier alpha value is -1.71. The zero-order chi connectivity index (χ0) is 17.1. The summed E-state index contributed by atoms with van der Waals surface area (Å²) < 4.78 is 5.75. The van der Waals surface area contributed by atoms with Crippen molar-refractivity contribution in [1.82, 2.24) is 4.90 Å². The Morgan fingerprint density at radius 3 is 2.52 bits per heavy atom. The highest BCUT2D eigenvalue weighted by molar-refractivity contribution is 5.80. The molecule has 0 radical (unpaired) electrons. The number of benzene rings is 1. The van der Waals surface area contributed by atoms with Gasteiger partial charge in [0.05, 0.1) is 13.2 Å². The number of hydrogen-bond donors (Lipinski definition) is 1. The minimum atomic E-state index is 0.153. The van der Waals surface area contributed by atoms with Crippen molar-refractivity contribution in [3.63, 3.8) is 0 Å². The molecule has 4 nitrogen and oxygen atoms in total. The lowest BCUT2D eigenvalue weighted by Crippen LogP contribution is -2.36. The molecule has 1 amide bonds. The lowest BCUT2D eigenvalue weighted by Gasteiger charge is -2.22. The molecule has 0 spiro atoms. The minimum absolute atomic E-state index is 0.153. The van der Waals surface area contributed by atoms with Gasteiger partial charge in [-0.15, -0.1) is 0 Å². The number of anilines is 1. The molecular weight excluding hydrogens is 288 g/mol. The fourth-order valence-corrected chi connectivity index (χ4v) is 2.30. The van der Waals surface area contributed by atoms with E-state index in [1.165, 1.54) is 0 Å². The SMILES string of the molecule is CCCN(CCC)C(=O)CNc1cccc(OCCC(C)C)c1. The average Bonchev–Trinajstić information content (AvgIpc) is 2.52. The number of rotatable bonds is 11. The van der Waals surface area contributed by atoms with Crippen molar-refractivity contribution in [1.29, 1.82) is 0 Å². The van der Waals surface area contributed by atoms with E-state index < -0.39 is 0 Å². The quantitative estimate of drug-likeness (QED) is 0.665. The molecule has 0 saturated heterocycles. The summed E-state index contributed by atoms with van der Waals surface area (Å²) in [4.78, 5) is 14.2. The topological polar surface area (TPSA) is 41.6 Å². The second-order valence-corrected chi connectivity index (χ2v) is 6.29. The van der Waals surface area contributed by atoms with Crippen LogP contribution < -0.4 is 10.1 Å². The number of carbonyl (C=O) groups is 1. The predicted octanol–water partition coefficient (Wildman–Crippen LogP) is 4.17. The fourth-order valence-electron chi connectivity index (χ4n) is 2.30. The molecular formula is C19H32N2O2. The van der Waals surface area contributed by atoms with Crippen LogP contribution in [0.5, 0.6) is 5.75 Å². The fraction of sp³-hybridized carbons (Fsp3) is 0.632. The van der Waals surface area contributed by atoms with Gasteiger partial charge in [-0.25, -0.2) is 0 Å². The van der Waals surface area contributed by atoms with Crippen LogP contribution in [-0.4, -0.2) is 37.0 Å². The lowest BCUT2D eigenvalue weighted by molar-refractivity contribution is -0.129. The van der Waals surface area contributed by atoms with E-state index >= 15 is 0 Å². The van der Waals surface area contributed by atoms with Crippen molar-refractivity contribution in [2.24, 2.45) is 5.92 Å². The molecule has 0 aromatic heterocycles. The molecule has 23 heavy (non-hydrogen) atoms. The molecule has 130 valence electrons. The molecule has 1 aromatic carbocycles. The summed E-state index contributed by atoms with van der Waals surface area (Å²) in [6.45, 7) is 11.3. The number of nitrogens with zero attached hydrogens (tertiary/aromatic N) is 1. The number of ether oxygens (including phenoxy) is 1. The summed E-state index contributed by atoms with van der Waals surface area (Å²) in [6, 6.07) is 7.82. The Labute approximate surface area is 141 Å². The van der Waals surface area contributed by atoms with Gasteiger partial charge in [0.2, 0.25) is 5.91 Å². The summed E-state index contributed by atoms with van der Waals surface area (Å²) in [5, 5.41) is 3.21. The Morgan fingerprint density at radius 2 is 1.91 bits per heavy atom. The molecule has 1 rings (SSSR count). The highest BCUT2D eigenvalue weighted by Crippen LogP contribution is 2.18. The van der Waals surface area contributed by atoms with E-state index in [-0.39, 0.29) is 5.91 Å². The van der Waals surface area contributed by atoms with E-state index in [0.717, 1.165) is 50.4 Å². The summed E-state index contributed by atoms with van der Waals surface area (Å²) in [6.07, 6.45) is 3.02. The first-order chi connectivity index (χ1) is 11.1. The van der Waals surface area contributed by atoms with Crippen molar-refractivity contribution < 1.29 is 9.53 Å². The zero-order valence-corrected chi connectivity index (χ0v) is 15.1. The van der Waals surface area contributed by atoms with Gasteiger partial charge in [-0.2, -0.15) is 0 Å². The molecule has 0 aliphatic rings. The van der Waals surface area contributed by atoms with Crippen LogP contribution in [0.25, 0.3) is 0 Å². The van der Waals surface area contributed by atoms with Gasteiger partial charge in [0.1, 0.15) is 5.75 Å². The van der Waals surface area contributed by atoms with Crippen LogP contribution in [-0.2, 0) is 4.79 Å². The predicted molar refractivity (Wildman–Crippen MR) is 97.0 cm³/mol. The number of carbonyl (C=O) groups excluding carboxylic acids is 1. The summed E-state index contributed by atoms with van der Waals surface area (Å²) in [5.41, 5.74) is 0.924. The van der Waals surface area contributed by atoms with Crippen molar-refractivity contribution >= 4 is 11.6 Å². The Balaban J connectivity index is 2.48. The van der Waals surface area contributed by atoms with Crippen LogP contribution in [0.1, 0.15) is 47.0 Å². The Morgan fingerprint density at radius 1 is 1.22 bits per heavy atom. The van der Waals surface area contributed by atoms with Crippen LogP contribution >= 0.6 is 0 Å². The van der Waals surface area contributed by atoms with E-state index in [2.05, 4.69) is 33.0 Å². The second-order valence-electron chi connectivity index (χ2n) is 6.29. The largest absolute Gasteiger partial charge is 0.494 e. The third kappa shape index (κ3) is 7.91. The van der Waals surface area contributed by atoms with E-state index in [9.17, 15) is 4.79 Å². The van der Waals surface area contributed by atoms with E-state index in [4.69, 9.17) is 4.74 Å². The molecule has 0 aliphatic carbocycles. The maximum absolute atomic E-state index is 12.3. The van der Waals surface area contributed by atoms with Gasteiger partial charge in [0, 0.05) is 24.8 Å². The molecule has 4 heteroatoms. The molecule has 0 atom stereocenters. The van der Waals surface area contributed by atoms with Gasteiger partial charge in [-0.3, -0.25) is 4.79 Å². The van der Waals surface area contributed by atoms with Crippen LogP contribution in [0.2, 0.25) is 0 Å². The van der Waals surface area contributed by atoms with Crippen LogP contribution in [0.15, 0.2) is 24.3 Å². The standard InChI is InChI=1S/C19H32N2O2/c1-5-11-21(12-6-2)19(22)15-20-17-8-7-9-18(14-17)23-13-10-16(3)4/h7-9,14,16,20H,5-6,10-13,15H2,1-4H3. The van der Waals surface area contributed by atoms with Gasteiger partial charge in [-0.05, 0) is 37.3 Å². The van der Waals surface area contributed by atoms with Gasteiger partial charge in [-0.1, -0.05) is 33.8 Å². The van der Waals surface area contributed by atoms with Gasteiger partial charge < -0.3 is 15.0 Å². The Kier molecular flexibility index (Phi) is 9.18. The van der Waals surface area contributed by atoms with Crippen LogP contribution in [0.3, 0.4) is 0 Å². The minimum Gasteiger partial charge on any atom is -0.494 e. The molecule has 0 saturated carbocycles. The zero-order valence-electron chi connectivity index (χ0n) is 15.1. The molecule has 0 bridgehead atoms. The number of nitrogens with one attached hydrogen (secondary N) is 1. The van der Waals surface area contributed by atoms with E-state index in [1.54, 1.807) is 0 Å². The first-order valence-corrected chi connectivity index (χ1v) is 8.81. The average molecular weight is 320 g/mol. The maximum atomic E-state index is 12.3. The smallest absolute Gasteiger partial charge is 0.241 e. The molecule has 0 fully saturated rings. The van der Waals surface area contributed by atoms with Crippen molar-refractivity contribution in [2.75, 3.05) is 31.6 Å². The third-order valence-electron chi connectivity index (χ3n) is 3.58. The summed E-state index contributed by atoms with van der Waals surface area (Å²) in [7, 11) is 0. The van der Waals surface area contributed by atoms with Crippen molar-refractivity contribution in [3.8, 4) is 5.75 Å². The normalized spacial score (nSPS) is 10.7. The molecule has 0 aliphatic heterocycles. The molecule has 1 N–H and O–H groups in total. The van der Waals surface area contributed by atoms with E-state index in [1.807, 2.05) is 29.2 Å². The van der Waals surface area contributed by atoms with Gasteiger partial charge >= 0.3 is 0 Å². The summed E-state index contributed by atoms with van der Waals surface area (Å²) in [5.74, 6) is 1.64. The van der Waals surface area contributed by atoms with E-state index in [0.29, 0.717) is 12.5 Å². The molecule has 1 aromatic rings. The number of hydrogen-bond acceptors (Lipinski definition) is 3. The maximum Gasteiger partial charge on any atom is 0.241 e. The lowest BCUT2D eigenvalue weighted by atomic mass is 10.1. The highest BCUT2D eigenvalue weighted by atomic mass is 16.5. The van der Waals surface area contributed by atoms with Gasteiger partial charge in [0.15, 0.2) is 0 Å². The molecule has 0 heterocycles. The second kappa shape index (κ2) is 10.9. The first kappa shape index (κ1) is 19.3. The first-order valence-electron chi connectivity index (χ1n) is 8.81. The van der Waals surface area contributed by atoms with Crippen LogP contribution in [0.4, 0.5) is 5.69 Å². The Bertz CT molecular complexity index is 454. The van der Waals surface area contributed by atoms with Crippen molar-refractivity contribution in [2.45, 2.75) is 47.0 Å². The van der Waals surface area contributed by atoms with Gasteiger partial charge in [0.25, 0.3) is 0 Å². The van der Waals surface area contributed by atoms with Crippen LogP contribution in [0, 0.1) is 5.92 Å². The number of amides is 1. The summed E-state index contributed by atoms with van der Waals surface area (Å²) >= 11 is 0.